The summed E-state index contributed by atoms with van der Waals surface area (Å²) in [7, 11) is 0. The smallest absolute Gasteiger partial charge is 0.132 e. The Morgan fingerprint density at radius 2 is 2.07 bits per heavy atom. The maximum Gasteiger partial charge on any atom is 0.132 e. The van der Waals surface area contributed by atoms with E-state index in [9.17, 15) is 4.79 Å². The van der Waals surface area contributed by atoms with Gasteiger partial charge in [0.2, 0.25) is 0 Å². The number of hydrogen-bond donors (Lipinski definition) is 0. The van der Waals surface area contributed by atoms with Gasteiger partial charge in [-0.25, -0.2) is 0 Å². The number of ketones is 1. The molecule has 76 valence electrons. The normalized spacial score (nSPS) is 12.6. The van der Waals surface area contributed by atoms with Crippen molar-refractivity contribution in [1.82, 2.24) is 0 Å². The van der Waals surface area contributed by atoms with Gasteiger partial charge in [-0.05, 0) is 31.0 Å². The minimum absolute atomic E-state index is 0.00803. The van der Waals surface area contributed by atoms with Crippen LogP contribution in [-0.4, -0.2) is 5.78 Å². The number of halogens is 2. The van der Waals surface area contributed by atoms with Crippen molar-refractivity contribution in [3.05, 3.63) is 33.8 Å². The molecule has 0 aliphatic rings. The molecule has 0 spiro atoms. The molecule has 0 aliphatic heterocycles. The highest BCUT2D eigenvalue weighted by atomic mass is 35.5. The minimum atomic E-state index is 0.00803. The van der Waals surface area contributed by atoms with Crippen molar-refractivity contribution in [2.75, 3.05) is 0 Å². The van der Waals surface area contributed by atoms with Gasteiger partial charge in [-0.2, -0.15) is 0 Å². The van der Waals surface area contributed by atoms with Crippen LogP contribution in [0.1, 0.15) is 19.4 Å². The van der Waals surface area contributed by atoms with E-state index < -0.39 is 0 Å². The standard InChI is InChI=1S/C11H12Cl2O/c1-7(8(2)14)5-9-3-4-10(12)6-11(9)13/h3-4,6-7H,5H2,1-2H3/t7-/m1/s1. The average Bonchev–Trinajstić information content (AvgIpc) is 2.09. The maximum atomic E-state index is 11.1. The lowest BCUT2D eigenvalue weighted by Crippen LogP contribution is -2.09. The first-order valence-electron chi connectivity index (χ1n) is 4.45. The molecule has 1 nitrogen and oxygen atoms in total. The number of hydrogen-bond acceptors (Lipinski definition) is 1. The van der Waals surface area contributed by atoms with Gasteiger partial charge >= 0.3 is 0 Å². The van der Waals surface area contributed by atoms with Gasteiger partial charge in [0.05, 0.1) is 0 Å². The van der Waals surface area contributed by atoms with E-state index in [1.165, 1.54) is 0 Å². The van der Waals surface area contributed by atoms with Crippen LogP contribution >= 0.6 is 23.2 Å². The lowest BCUT2D eigenvalue weighted by atomic mass is 9.98. The zero-order valence-electron chi connectivity index (χ0n) is 8.18. The zero-order valence-corrected chi connectivity index (χ0v) is 9.69. The summed E-state index contributed by atoms with van der Waals surface area (Å²) in [4.78, 5) is 11.1. The molecule has 1 atom stereocenters. The third-order valence-corrected chi connectivity index (χ3v) is 2.82. The molecule has 0 aliphatic carbocycles. The Balaban J connectivity index is 2.82. The van der Waals surface area contributed by atoms with Crippen molar-refractivity contribution >= 4 is 29.0 Å². The van der Waals surface area contributed by atoms with Crippen molar-refractivity contribution in [1.29, 1.82) is 0 Å². The van der Waals surface area contributed by atoms with Crippen LogP contribution < -0.4 is 0 Å². The van der Waals surface area contributed by atoms with Crippen LogP contribution in [0.15, 0.2) is 18.2 Å². The van der Waals surface area contributed by atoms with Crippen molar-refractivity contribution in [3.63, 3.8) is 0 Å². The Hall–Kier alpha value is -0.530. The van der Waals surface area contributed by atoms with Crippen LogP contribution in [0.5, 0.6) is 0 Å². The Morgan fingerprint density at radius 1 is 1.43 bits per heavy atom. The van der Waals surface area contributed by atoms with Crippen molar-refractivity contribution in [2.24, 2.45) is 5.92 Å². The molecule has 0 aromatic heterocycles. The summed E-state index contributed by atoms with van der Waals surface area (Å²) >= 11 is 11.7. The van der Waals surface area contributed by atoms with Crippen LogP contribution in [0, 0.1) is 5.92 Å². The Morgan fingerprint density at radius 3 is 2.57 bits per heavy atom. The number of carbonyl (C=O) groups is 1. The quantitative estimate of drug-likeness (QED) is 0.773. The highest BCUT2D eigenvalue weighted by Gasteiger charge is 2.10. The third kappa shape index (κ3) is 3.00. The van der Waals surface area contributed by atoms with Gasteiger partial charge in [0.15, 0.2) is 0 Å². The summed E-state index contributed by atoms with van der Waals surface area (Å²) in [5, 5.41) is 1.25. The third-order valence-electron chi connectivity index (χ3n) is 2.24. The van der Waals surface area contributed by atoms with Crippen LogP contribution in [0.2, 0.25) is 10.0 Å². The van der Waals surface area contributed by atoms with Gasteiger partial charge < -0.3 is 0 Å². The maximum absolute atomic E-state index is 11.1. The fourth-order valence-corrected chi connectivity index (χ4v) is 1.65. The summed E-state index contributed by atoms with van der Waals surface area (Å²) in [5.41, 5.74) is 0.971. The molecular weight excluding hydrogens is 219 g/mol. The Kier molecular flexibility index (Phi) is 3.97. The molecule has 0 bridgehead atoms. The zero-order chi connectivity index (χ0) is 10.7. The van der Waals surface area contributed by atoms with E-state index in [2.05, 4.69) is 0 Å². The van der Waals surface area contributed by atoms with Crippen LogP contribution in [0.25, 0.3) is 0 Å². The Labute approximate surface area is 94.0 Å². The largest absolute Gasteiger partial charge is 0.300 e. The highest BCUT2D eigenvalue weighted by molar-refractivity contribution is 6.35. The van der Waals surface area contributed by atoms with Crippen LogP contribution in [0.4, 0.5) is 0 Å². The summed E-state index contributed by atoms with van der Waals surface area (Å²) < 4.78 is 0. The molecule has 0 heterocycles. The minimum Gasteiger partial charge on any atom is -0.300 e. The fourth-order valence-electron chi connectivity index (χ4n) is 1.16. The van der Waals surface area contributed by atoms with Gasteiger partial charge in [0.25, 0.3) is 0 Å². The van der Waals surface area contributed by atoms with E-state index >= 15 is 0 Å². The Bertz CT molecular complexity index is 347. The molecular formula is C11H12Cl2O. The van der Waals surface area contributed by atoms with Crippen molar-refractivity contribution < 1.29 is 4.79 Å². The molecule has 0 radical (unpaired) electrons. The molecule has 0 unspecified atom stereocenters. The summed E-state index contributed by atoms with van der Waals surface area (Å²) in [5.74, 6) is 0.185. The summed E-state index contributed by atoms with van der Waals surface area (Å²) in [6.45, 7) is 3.49. The molecule has 1 aromatic rings. The SMILES string of the molecule is CC(=O)[C@H](C)Cc1ccc(Cl)cc1Cl. The molecule has 1 rings (SSSR count). The molecule has 0 amide bonds. The van der Waals surface area contributed by atoms with Gasteiger partial charge in [-0.3, -0.25) is 4.79 Å². The predicted molar refractivity (Wildman–Crippen MR) is 60.0 cm³/mol. The second-order valence-electron chi connectivity index (χ2n) is 3.45. The predicted octanol–water partition coefficient (Wildman–Crippen LogP) is 3.76. The number of Topliss-reactive ketones (excluding diaryl/α,β-unsaturated/α-hetero) is 1. The monoisotopic (exact) mass is 230 g/mol. The van der Waals surface area contributed by atoms with E-state index in [-0.39, 0.29) is 11.7 Å². The molecule has 1 aromatic carbocycles. The first kappa shape index (κ1) is 11.5. The summed E-state index contributed by atoms with van der Waals surface area (Å²) in [6, 6.07) is 5.35. The van der Waals surface area contributed by atoms with Crippen LogP contribution in [-0.2, 0) is 11.2 Å². The molecule has 3 heteroatoms. The number of rotatable bonds is 3. The van der Waals surface area contributed by atoms with Gasteiger partial charge in [0.1, 0.15) is 5.78 Å². The average molecular weight is 231 g/mol. The second-order valence-corrected chi connectivity index (χ2v) is 4.30. The van der Waals surface area contributed by atoms with Gasteiger partial charge in [-0.1, -0.05) is 36.2 Å². The van der Waals surface area contributed by atoms with E-state index in [1.807, 2.05) is 13.0 Å². The van der Waals surface area contributed by atoms with E-state index in [1.54, 1.807) is 19.1 Å². The summed E-state index contributed by atoms with van der Waals surface area (Å²) in [6.07, 6.45) is 0.672. The van der Waals surface area contributed by atoms with E-state index in [0.29, 0.717) is 16.5 Å². The molecule has 0 fully saturated rings. The first-order chi connectivity index (χ1) is 6.50. The molecule has 0 N–H and O–H groups in total. The van der Waals surface area contributed by atoms with Crippen LogP contribution in [0.3, 0.4) is 0 Å². The van der Waals surface area contributed by atoms with Crippen molar-refractivity contribution in [3.8, 4) is 0 Å². The van der Waals surface area contributed by atoms with Crippen molar-refractivity contribution in [2.45, 2.75) is 20.3 Å². The van der Waals surface area contributed by atoms with Gasteiger partial charge in [0, 0.05) is 16.0 Å². The second kappa shape index (κ2) is 4.81. The fraction of sp³-hybridized carbons (Fsp3) is 0.364. The molecule has 14 heavy (non-hydrogen) atoms. The number of benzene rings is 1. The molecule has 0 saturated heterocycles. The lowest BCUT2D eigenvalue weighted by Gasteiger charge is -2.09. The van der Waals surface area contributed by atoms with Gasteiger partial charge in [-0.15, -0.1) is 0 Å². The molecule has 0 saturated carbocycles. The van der Waals surface area contributed by atoms with E-state index in [0.717, 1.165) is 5.56 Å². The topological polar surface area (TPSA) is 17.1 Å². The first-order valence-corrected chi connectivity index (χ1v) is 5.20. The number of carbonyl (C=O) groups excluding carboxylic acids is 1. The van der Waals surface area contributed by atoms with E-state index in [4.69, 9.17) is 23.2 Å². The highest BCUT2D eigenvalue weighted by Crippen LogP contribution is 2.23. The lowest BCUT2D eigenvalue weighted by molar-refractivity contribution is -0.120.